The third-order valence-electron chi connectivity index (χ3n) is 2.51. The van der Waals surface area contributed by atoms with Crippen LogP contribution in [0.3, 0.4) is 0 Å². The zero-order valence-electron chi connectivity index (χ0n) is 11.4. The van der Waals surface area contributed by atoms with Crippen LogP contribution in [0.25, 0.3) is 0 Å². The third kappa shape index (κ3) is 7.76. The van der Waals surface area contributed by atoms with E-state index in [1.54, 1.807) is 24.3 Å². The van der Waals surface area contributed by atoms with Gasteiger partial charge in [-0.2, -0.15) is 0 Å². The number of nitrogens with one attached hydrogen (secondary N) is 1. The topological polar surface area (TPSA) is 84.6 Å². The second kappa shape index (κ2) is 9.34. The van der Waals surface area contributed by atoms with Gasteiger partial charge in [-0.15, -0.1) is 0 Å². The molecule has 5 heteroatoms. The molecular formula is C15H26N2O3. The SMILES string of the molecule is C.CC(C)NC[C@@H](O)COc1ccc(CC(N)=O)cc1. The van der Waals surface area contributed by atoms with Crippen LogP contribution in [0.5, 0.6) is 5.75 Å². The fraction of sp³-hybridized carbons (Fsp3) is 0.533. The van der Waals surface area contributed by atoms with E-state index in [0.717, 1.165) is 5.56 Å². The molecule has 5 nitrogen and oxygen atoms in total. The van der Waals surface area contributed by atoms with Crippen LogP contribution in [-0.2, 0) is 11.2 Å². The molecule has 1 atom stereocenters. The molecule has 20 heavy (non-hydrogen) atoms. The van der Waals surface area contributed by atoms with Crippen molar-refractivity contribution in [1.82, 2.24) is 5.32 Å². The van der Waals surface area contributed by atoms with Crippen LogP contribution in [0, 0.1) is 0 Å². The number of aliphatic hydroxyl groups excluding tert-OH is 1. The maximum absolute atomic E-state index is 10.7. The third-order valence-corrected chi connectivity index (χ3v) is 2.51. The molecule has 0 heterocycles. The maximum Gasteiger partial charge on any atom is 0.221 e. The molecule has 0 radical (unpaired) electrons. The molecule has 0 aliphatic carbocycles. The van der Waals surface area contributed by atoms with Crippen LogP contribution in [0.1, 0.15) is 26.8 Å². The Kier molecular flexibility index (Phi) is 8.59. The Bertz CT molecular complexity index is 391. The Morgan fingerprint density at radius 1 is 1.35 bits per heavy atom. The van der Waals surface area contributed by atoms with Crippen molar-refractivity contribution in [3.8, 4) is 5.75 Å². The Morgan fingerprint density at radius 2 is 1.95 bits per heavy atom. The molecule has 0 saturated heterocycles. The van der Waals surface area contributed by atoms with E-state index in [0.29, 0.717) is 18.3 Å². The maximum atomic E-state index is 10.7. The summed E-state index contributed by atoms with van der Waals surface area (Å²) in [5, 5.41) is 12.8. The molecule has 0 aromatic heterocycles. The van der Waals surface area contributed by atoms with Gasteiger partial charge in [-0.3, -0.25) is 4.79 Å². The van der Waals surface area contributed by atoms with Gasteiger partial charge >= 0.3 is 0 Å². The highest BCUT2D eigenvalue weighted by Crippen LogP contribution is 2.12. The van der Waals surface area contributed by atoms with E-state index in [9.17, 15) is 9.90 Å². The number of hydrogen-bond donors (Lipinski definition) is 3. The van der Waals surface area contributed by atoms with Gasteiger partial charge in [0.1, 0.15) is 18.5 Å². The zero-order valence-corrected chi connectivity index (χ0v) is 11.4. The molecule has 114 valence electrons. The number of nitrogens with two attached hydrogens (primary N) is 1. The summed E-state index contributed by atoms with van der Waals surface area (Å²) < 4.78 is 5.45. The van der Waals surface area contributed by atoms with Gasteiger partial charge in [0.05, 0.1) is 6.42 Å². The second-order valence-corrected chi connectivity index (χ2v) is 4.81. The number of carbonyl (C=O) groups excluding carboxylic acids is 1. The Balaban J connectivity index is 0.00000361. The van der Waals surface area contributed by atoms with E-state index >= 15 is 0 Å². The summed E-state index contributed by atoms with van der Waals surface area (Å²) in [5.41, 5.74) is 5.96. The fourth-order valence-electron chi connectivity index (χ4n) is 1.53. The van der Waals surface area contributed by atoms with Gasteiger partial charge in [0.25, 0.3) is 0 Å². The van der Waals surface area contributed by atoms with Gasteiger partial charge in [0, 0.05) is 12.6 Å². The molecule has 1 amide bonds. The van der Waals surface area contributed by atoms with Crippen molar-refractivity contribution in [2.45, 2.75) is 39.8 Å². The van der Waals surface area contributed by atoms with Gasteiger partial charge in [-0.25, -0.2) is 0 Å². The van der Waals surface area contributed by atoms with Crippen LogP contribution >= 0.6 is 0 Å². The summed E-state index contributed by atoms with van der Waals surface area (Å²) in [5.74, 6) is 0.306. The van der Waals surface area contributed by atoms with E-state index < -0.39 is 6.10 Å². The van der Waals surface area contributed by atoms with Gasteiger partial charge in [0.15, 0.2) is 0 Å². The minimum atomic E-state index is -0.548. The molecule has 1 aromatic carbocycles. The van der Waals surface area contributed by atoms with Crippen molar-refractivity contribution in [1.29, 1.82) is 0 Å². The molecule has 4 N–H and O–H groups in total. The molecule has 0 spiro atoms. The van der Waals surface area contributed by atoms with Crippen molar-refractivity contribution < 1.29 is 14.6 Å². The molecule has 0 bridgehead atoms. The normalized spacial score (nSPS) is 11.8. The number of primary amides is 1. The van der Waals surface area contributed by atoms with Crippen molar-refractivity contribution in [3.63, 3.8) is 0 Å². The zero-order chi connectivity index (χ0) is 14.3. The summed E-state index contributed by atoms with van der Waals surface area (Å²) in [6.07, 6.45) is -0.325. The lowest BCUT2D eigenvalue weighted by atomic mass is 10.1. The number of benzene rings is 1. The van der Waals surface area contributed by atoms with Gasteiger partial charge in [-0.1, -0.05) is 33.4 Å². The molecule has 1 rings (SSSR count). The molecule has 1 aromatic rings. The van der Waals surface area contributed by atoms with Crippen LogP contribution < -0.4 is 15.8 Å². The lowest BCUT2D eigenvalue weighted by Crippen LogP contribution is -2.35. The highest BCUT2D eigenvalue weighted by molar-refractivity contribution is 5.76. The molecule has 0 fully saturated rings. The molecule has 0 aliphatic rings. The lowest BCUT2D eigenvalue weighted by Gasteiger charge is -2.15. The molecule has 0 saturated carbocycles. The number of hydrogen-bond acceptors (Lipinski definition) is 4. The summed E-state index contributed by atoms with van der Waals surface area (Å²) in [4.78, 5) is 10.7. The predicted molar refractivity (Wildman–Crippen MR) is 80.7 cm³/mol. The largest absolute Gasteiger partial charge is 0.491 e. The first kappa shape index (κ1) is 18.4. The van der Waals surface area contributed by atoms with E-state index in [1.807, 2.05) is 13.8 Å². The van der Waals surface area contributed by atoms with Gasteiger partial charge in [-0.05, 0) is 17.7 Å². The molecule has 0 unspecified atom stereocenters. The Morgan fingerprint density at radius 3 is 2.45 bits per heavy atom. The Hall–Kier alpha value is -1.59. The van der Waals surface area contributed by atoms with E-state index in [4.69, 9.17) is 10.5 Å². The fourth-order valence-corrected chi connectivity index (χ4v) is 1.53. The van der Waals surface area contributed by atoms with Crippen LogP contribution in [0.15, 0.2) is 24.3 Å². The highest BCUT2D eigenvalue weighted by Gasteiger charge is 2.06. The standard InChI is InChI=1S/C14H22N2O3.CH4/c1-10(2)16-8-12(17)9-19-13-5-3-11(4-6-13)7-14(15)18;/h3-6,10,12,16-17H,7-9H2,1-2H3,(H2,15,18);1H4/t12-;/m1./s1. The van der Waals surface area contributed by atoms with Crippen molar-refractivity contribution >= 4 is 5.91 Å². The second-order valence-electron chi connectivity index (χ2n) is 4.81. The van der Waals surface area contributed by atoms with Crippen LogP contribution in [-0.4, -0.2) is 36.3 Å². The highest BCUT2D eigenvalue weighted by atomic mass is 16.5. The van der Waals surface area contributed by atoms with Gasteiger partial charge < -0.3 is 20.9 Å². The van der Waals surface area contributed by atoms with Crippen molar-refractivity contribution in [2.75, 3.05) is 13.2 Å². The first-order chi connectivity index (χ1) is 8.97. The van der Waals surface area contributed by atoms with E-state index in [-0.39, 0.29) is 26.4 Å². The molecule has 0 aliphatic heterocycles. The minimum Gasteiger partial charge on any atom is -0.491 e. The predicted octanol–water partition coefficient (Wildman–Crippen LogP) is 1.09. The smallest absolute Gasteiger partial charge is 0.221 e. The monoisotopic (exact) mass is 282 g/mol. The summed E-state index contributed by atoms with van der Waals surface area (Å²) >= 11 is 0. The summed E-state index contributed by atoms with van der Waals surface area (Å²) in [6.45, 7) is 4.77. The summed E-state index contributed by atoms with van der Waals surface area (Å²) in [6, 6.07) is 7.45. The number of amides is 1. The van der Waals surface area contributed by atoms with E-state index in [2.05, 4.69) is 5.32 Å². The van der Waals surface area contributed by atoms with Crippen LogP contribution in [0.4, 0.5) is 0 Å². The van der Waals surface area contributed by atoms with Gasteiger partial charge in [0.2, 0.25) is 5.91 Å². The van der Waals surface area contributed by atoms with Crippen molar-refractivity contribution in [3.05, 3.63) is 29.8 Å². The number of ether oxygens (including phenoxy) is 1. The first-order valence-electron chi connectivity index (χ1n) is 6.39. The average Bonchev–Trinajstić information content (AvgIpc) is 2.35. The van der Waals surface area contributed by atoms with E-state index in [1.165, 1.54) is 0 Å². The first-order valence-corrected chi connectivity index (χ1v) is 6.39. The molecular weight excluding hydrogens is 256 g/mol. The minimum absolute atomic E-state index is 0. The summed E-state index contributed by atoms with van der Waals surface area (Å²) in [7, 11) is 0. The van der Waals surface area contributed by atoms with Crippen molar-refractivity contribution in [2.24, 2.45) is 5.73 Å². The number of rotatable bonds is 8. The quantitative estimate of drug-likeness (QED) is 0.666. The number of carbonyl (C=O) groups is 1. The Labute approximate surface area is 121 Å². The lowest BCUT2D eigenvalue weighted by molar-refractivity contribution is -0.117. The average molecular weight is 282 g/mol. The van der Waals surface area contributed by atoms with Crippen LogP contribution in [0.2, 0.25) is 0 Å². The number of aliphatic hydroxyl groups is 1.